The van der Waals surface area contributed by atoms with Crippen LogP contribution in [0.25, 0.3) is 0 Å². The highest BCUT2D eigenvalue weighted by atomic mass is 35.5. The van der Waals surface area contributed by atoms with Gasteiger partial charge in [0.05, 0.1) is 6.10 Å². The van der Waals surface area contributed by atoms with E-state index in [0.29, 0.717) is 12.6 Å². The van der Waals surface area contributed by atoms with Crippen LogP contribution < -0.4 is 10.6 Å². The van der Waals surface area contributed by atoms with Crippen LogP contribution in [0.3, 0.4) is 0 Å². The molecule has 2 rings (SSSR count). The van der Waals surface area contributed by atoms with Gasteiger partial charge >= 0.3 is 0 Å². The molecule has 1 heterocycles. The fraction of sp³-hybridized carbons (Fsp3) is 0.571. The number of benzene rings is 1. The summed E-state index contributed by atoms with van der Waals surface area (Å²) < 4.78 is 5.40. The van der Waals surface area contributed by atoms with Gasteiger partial charge in [-0.05, 0) is 49.6 Å². The summed E-state index contributed by atoms with van der Waals surface area (Å²) in [6.07, 6.45) is 3.45. The zero-order chi connectivity index (χ0) is 13.0. The topological polar surface area (TPSA) is 38.5 Å². The average molecular weight is 269 g/mol. The van der Waals surface area contributed by atoms with Crippen molar-refractivity contribution in [1.29, 1.82) is 0 Å². The highest BCUT2D eigenvalue weighted by molar-refractivity contribution is 6.30. The Hall–Kier alpha value is -0.770. The van der Waals surface area contributed by atoms with Gasteiger partial charge in [0.1, 0.15) is 0 Å². The summed E-state index contributed by atoms with van der Waals surface area (Å²) in [5.41, 5.74) is 8.20. The van der Waals surface area contributed by atoms with Gasteiger partial charge in [-0.2, -0.15) is 0 Å². The molecule has 1 saturated heterocycles. The smallest absolute Gasteiger partial charge is 0.0605 e. The normalized spacial score (nSPS) is 17.2. The molecule has 1 fully saturated rings. The third-order valence-electron chi connectivity index (χ3n) is 3.57. The molecule has 0 spiro atoms. The minimum atomic E-state index is 0.409. The Balaban J connectivity index is 2.13. The number of halogens is 1. The molecule has 100 valence electrons. The van der Waals surface area contributed by atoms with E-state index in [4.69, 9.17) is 22.1 Å². The Morgan fingerprint density at radius 1 is 1.39 bits per heavy atom. The van der Waals surface area contributed by atoms with E-state index in [0.717, 1.165) is 37.4 Å². The molecule has 0 aromatic heterocycles. The van der Waals surface area contributed by atoms with Crippen LogP contribution in [0.5, 0.6) is 0 Å². The van der Waals surface area contributed by atoms with Crippen LogP contribution >= 0.6 is 11.6 Å². The number of methoxy groups -OCH3 is 1. The average Bonchev–Trinajstić information content (AvgIpc) is 2.40. The summed E-state index contributed by atoms with van der Waals surface area (Å²) in [7, 11) is 1.79. The van der Waals surface area contributed by atoms with E-state index >= 15 is 0 Å². The van der Waals surface area contributed by atoms with Crippen LogP contribution in [0.1, 0.15) is 18.4 Å². The maximum atomic E-state index is 6.06. The molecule has 1 aliphatic rings. The van der Waals surface area contributed by atoms with Gasteiger partial charge in [0.25, 0.3) is 0 Å². The molecule has 0 bridgehead atoms. The van der Waals surface area contributed by atoms with Crippen molar-refractivity contribution in [2.24, 2.45) is 5.73 Å². The number of ether oxygens (including phenoxy) is 1. The van der Waals surface area contributed by atoms with Crippen molar-refractivity contribution in [2.45, 2.75) is 25.4 Å². The molecule has 1 aliphatic heterocycles. The second-order valence-electron chi connectivity index (χ2n) is 4.73. The number of hydrogen-bond donors (Lipinski definition) is 1. The predicted octanol–water partition coefficient (Wildman–Crippen LogP) is 2.46. The molecule has 0 atom stereocenters. The molecule has 0 aliphatic carbocycles. The first-order chi connectivity index (χ1) is 8.74. The van der Waals surface area contributed by atoms with Gasteiger partial charge in [0, 0.05) is 30.9 Å². The first-order valence-electron chi connectivity index (χ1n) is 6.51. The van der Waals surface area contributed by atoms with E-state index in [9.17, 15) is 0 Å². The van der Waals surface area contributed by atoms with Gasteiger partial charge in [-0.1, -0.05) is 11.6 Å². The zero-order valence-corrected chi connectivity index (χ0v) is 11.6. The molecule has 0 unspecified atom stereocenters. The quantitative estimate of drug-likeness (QED) is 0.912. The van der Waals surface area contributed by atoms with E-state index in [1.807, 2.05) is 12.1 Å². The minimum absolute atomic E-state index is 0.409. The van der Waals surface area contributed by atoms with Crippen molar-refractivity contribution in [2.75, 3.05) is 31.6 Å². The summed E-state index contributed by atoms with van der Waals surface area (Å²) in [5, 5.41) is 0.786. The zero-order valence-electron chi connectivity index (χ0n) is 10.9. The molecule has 2 N–H and O–H groups in total. The number of piperidine rings is 1. The van der Waals surface area contributed by atoms with Crippen molar-refractivity contribution < 1.29 is 4.74 Å². The van der Waals surface area contributed by atoms with E-state index in [2.05, 4.69) is 11.0 Å². The lowest BCUT2D eigenvalue weighted by Gasteiger charge is -2.34. The van der Waals surface area contributed by atoms with Crippen molar-refractivity contribution in [3.63, 3.8) is 0 Å². The highest BCUT2D eigenvalue weighted by Crippen LogP contribution is 2.27. The van der Waals surface area contributed by atoms with Crippen LogP contribution in [-0.4, -0.2) is 32.8 Å². The Kier molecular flexibility index (Phi) is 4.87. The summed E-state index contributed by atoms with van der Waals surface area (Å²) in [6, 6.07) is 6.10. The van der Waals surface area contributed by atoms with E-state index in [1.54, 1.807) is 7.11 Å². The van der Waals surface area contributed by atoms with Crippen LogP contribution in [-0.2, 0) is 11.2 Å². The largest absolute Gasteiger partial charge is 0.381 e. The number of hydrogen-bond acceptors (Lipinski definition) is 3. The second-order valence-corrected chi connectivity index (χ2v) is 5.17. The van der Waals surface area contributed by atoms with Crippen molar-refractivity contribution in [1.82, 2.24) is 0 Å². The molecular weight excluding hydrogens is 248 g/mol. The molecule has 18 heavy (non-hydrogen) atoms. The summed E-state index contributed by atoms with van der Waals surface area (Å²) in [5.74, 6) is 0. The fourth-order valence-electron chi connectivity index (χ4n) is 2.55. The third-order valence-corrected chi connectivity index (χ3v) is 3.81. The third kappa shape index (κ3) is 3.16. The predicted molar refractivity (Wildman–Crippen MR) is 76.5 cm³/mol. The number of nitrogens with zero attached hydrogens (tertiary/aromatic N) is 1. The van der Waals surface area contributed by atoms with Gasteiger partial charge < -0.3 is 15.4 Å². The Labute approximate surface area is 114 Å². The maximum Gasteiger partial charge on any atom is 0.0605 e. The highest BCUT2D eigenvalue weighted by Gasteiger charge is 2.20. The van der Waals surface area contributed by atoms with Crippen LogP contribution in [0.15, 0.2) is 18.2 Å². The first kappa shape index (κ1) is 13.7. The Morgan fingerprint density at radius 3 is 2.72 bits per heavy atom. The van der Waals surface area contributed by atoms with Crippen LogP contribution in [0.4, 0.5) is 5.69 Å². The maximum absolute atomic E-state index is 6.06. The van der Waals surface area contributed by atoms with E-state index < -0.39 is 0 Å². The molecule has 1 aromatic carbocycles. The SMILES string of the molecule is COC1CCN(c2ccc(Cl)cc2CCN)CC1. The molecule has 3 nitrogen and oxygen atoms in total. The molecule has 4 heteroatoms. The van der Waals surface area contributed by atoms with Gasteiger partial charge in [-0.25, -0.2) is 0 Å². The molecule has 0 amide bonds. The Bertz CT molecular complexity index is 389. The standard InChI is InChI=1S/C14H21ClN2O/c1-18-13-5-8-17(9-6-13)14-3-2-12(15)10-11(14)4-7-16/h2-3,10,13H,4-9,16H2,1H3. The molecular formula is C14H21ClN2O. The van der Waals surface area contributed by atoms with Crippen LogP contribution in [0, 0.1) is 0 Å². The number of rotatable bonds is 4. The van der Waals surface area contributed by atoms with Gasteiger partial charge in [-0.15, -0.1) is 0 Å². The second kappa shape index (κ2) is 6.41. The van der Waals surface area contributed by atoms with Crippen molar-refractivity contribution in [3.8, 4) is 0 Å². The van der Waals surface area contributed by atoms with Crippen molar-refractivity contribution >= 4 is 17.3 Å². The fourth-order valence-corrected chi connectivity index (χ4v) is 2.75. The summed E-state index contributed by atoms with van der Waals surface area (Å²) >= 11 is 6.06. The number of anilines is 1. The summed E-state index contributed by atoms with van der Waals surface area (Å²) in [6.45, 7) is 2.73. The van der Waals surface area contributed by atoms with Gasteiger partial charge in [0.15, 0.2) is 0 Å². The monoisotopic (exact) mass is 268 g/mol. The van der Waals surface area contributed by atoms with Gasteiger partial charge in [-0.3, -0.25) is 0 Å². The van der Waals surface area contributed by atoms with Crippen molar-refractivity contribution in [3.05, 3.63) is 28.8 Å². The summed E-state index contributed by atoms with van der Waals surface area (Å²) in [4.78, 5) is 2.41. The molecule has 0 radical (unpaired) electrons. The number of nitrogens with two attached hydrogens (primary N) is 1. The molecule has 1 aromatic rings. The minimum Gasteiger partial charge on any atom is -0.381 e. The van der Waals surface area contributed by atoms with Crippen LogP contribution in [0.2, 0.25) is 5.02 Å². The lowest BCUT2D eigenvalue weighted by Crippen LogP contribution is -2.37. The van der Waals surface area contributed by atoms with Gasteiger partial charge in [0.2, 0.25) is 0 Å². The lowest BCUT2D eigenvalue weighted by molar-refractivity contribution is 0.0819. The first-order valence-corrected chi connectivity index (χ1v) is 6.88. The Morgan fingerprint density at radius 2 is 2.11 bits per heavy atom. The lowest BCUT2D eigenvalue weighted by atomic mass is 10.0. The molecule has 0 saturated carbocycles. The van der Waals surface area contributed by atoms with E-state index in [1.165, 1.54) is 11.3 Å². The van der Waals surface area contributed by atoms with E-state index in [-0.39, 0.29) is 0 Å².